The molecule has 1 aliphatic heterocycles. The highest BCUT2D eigenvalue weighted by Gasteiger charge is 2.28. The predicted octanol–water partition coefficient (Wildman–Crippen LogP) is 3.74. The van der Waals surface area contributed by atoms with Crippen molar-refractivity contribution < 1.29 is 4.92 Å². The number of hydrogen-bond acceptors (Lipinski definition) is 4. The summed E-state index contributed by atoms with van der Waals surface area (Å²) >= 11 is 1.74. The molecule has 3 aromatic rings. The Balaban J connectivity index is 1.86. The third-order valence-electron chi connectivity index (χ3n) is 3.64. The normalized spacial score (nSPS) is 17.0. The van der Waals surface area contributed by atoms with Crippen LogP contribution in [-0.4, -0.2) is 14.5 Å². The molecule has 5 nitrogen and oxygen atoms in total. The molecule has 6 heteroatoms. The number of para-hydroxylation sites is 2. The van der Waals surface area contributed by atoms with Gasteiger partial charge in [0.2, 0.25) is 0 Å². The zero-order valence-electron chi connectivity index (χ0n) is 11.0. The number of nitro benzene ring substituents is 1. The minimum atomic E-state index is -0.351. The number of benzene rings is 2. The Morgan fingerprint density at radius 3 is 2.95 bits per heavy atom. The molecule has 2 aromatic carbocycles. The molecular formula is C15H11N3O2S. The number of hydrogen-bond donors (Lipinski definition) is 0. The van der Waals surface area contributed by atoms with Crippen LogP contribution in [0, 0.1) is 10.1 Å². The molecule has 0 N–H and O–H groups in total. The molecule has 0 saturated heterocycles. The average molecular weight is 297 g/mol. The summed E-state index contributed by atoms with van der Waals surface area (Å²) in [6, 6.07) is 14.9. The second kappa shape index (κ2) is 4.60. The van der Waals surface area contributed by atoms with E-state index in [4.69, 9.17) is 0 Å². The second-order valence-corrected chi connectivity index (χ2v) is 5.97. The smallest absolute Gasteiger partial charge is 0.269 e. The van der Waals surface area contributed by atoms with Crippen LogP contribution in [0.25, 0.3) is 11.0 Å². The van der Waals surface area contributed by atoms with Crippen LogP contribution in [-0.2, 0) is 5.75 Å². The van der Waals surface area contributed by atoms with Gasteiger partial charge in [-0.05, 0) is 17.7 Å². The number of aromatic nitrogens is 2. The largest absolute Gasteiger partial charge is 0.310 e. The summed E-state index contributed by atoms with van der Waals surface area (Å²) in [5.41, 5.74) is 3.12. The van der Waals surface area contributed by atoms with E-state index in [2.05, 4.69) is 9.55 Å². The van der Waals surface area contributed by atoms with Crippen molar-refractivity contribution in [1.82, 2.24) is 9.55 Å². The van der Waals surface area contributed by atoms with Crippen LogP contribution in [0.5, 0.6) is 0 Å². The maximum absolute atomic E-state index is 11.0. The van der Waals surface area contributed by atoms with Crippen LogP contribution >= 0.6 is 11.8 Å². The van der Waals surface area contributed by atoms with E-state index >= 15 is 0 Å². The number of fused-ring (bicyclic) bond motifs is 3. The topological polar surface area (TPSA) is 61.0 Å². The van der Waals surface area contributed by atoms with Gasteiger partial charge in [0.05, 0.1) is 21.7 Å². The minimum Gasteiger partial charge on any atom is -0.310 e. The Bertz CT molecular complexity index is 859. The van der Waals surface area contributed by atoms with E-state index in [1.807, 2.05) is 30.3 Å². The lowest BCUT2D eigenvalue weighted by Crippen LogP contribution is -2.03. The maximum Gasteiger partial charge on any atom is 0.269 e. The van der Waals surface area contributed by atoms with Gasteiger partial charge in [0.1, 0.15) is 11.2 Å². The Kier molecular flexibility index (Phi) is 2.71. The quantitative estimate of drug-likeness (QED) is 0.534. The van der Waals surface area contributed by atoms with Crippen LogP contribution in [0.4, 0.5) is 5.69 Å². The molecule has 1 aromatic heterocycles. The van der Waals surface area contributed by atoms with E-state index in [0.29, 0.717) is 0 Å². The SMILES string of the molecule is O=[N+]([O-])c1cccc([C@H]2SCc3nc4ccccc4n32)c1. The highest BCUT2D eigenvalue weighted by Crippen LogP contribution is 2.43. The molecule has 0 radical (unpaired) electrons. The second-order valence-electron chi connectivity index (χ2n) is 4.90. The van der Waals surface area contributed by atoms with Crippen molar-refractivity contribution in [1.29, 1.82) is 0 Å². The Labute approximate surface area is 124 Å². The fourth-order valence-corrected chi connectivity index (χ4v) is 3.96. The molecule has 21 heavy (non-hydrogen) atoms. The number of non-ortho nitro benzene ring substituents is 1. The van der Waals surface area contributed by atoms with Crippen molar-refractivity contribution in [3.8, 4) is 0 Å². The van der Waals surface area contributed by atoms with Gasteiger partial charge in [0, 0.05) is 12.1 Å². The number of thioether (sulfide) groups is 1. The number of imidazole rings is 1. The first kappa shape index (κ1) is 12.4. The van der Waals surface area contributed by atoms with Gasteiger partial charge in [-0.25, -0.2) is 4.98 Å². The molecule has 0 amide bonds. The highest BCUT2D eigenvalue weighted by atomic mass is 32.2. The number of nitro groups is 1. The van der Waals surface area contributed by atoms with Crippen molar-refractivity contribution in [2.24, 2.45) is 0 Å². The van der Waals surface area contributed by atoms with Crippen LogP contribution in [0.3, 0.4) is 0 Å². The predicted molar refractivity (Wildman–Crippen MR) is 82.3 cm³/mol. The monoisotopic (exact) mass is 297 g/mol. The zero-order valence-corrected chi connectivity index (χ0v) is 11.8. The first-order valence-corrected chi connectivity index (χ1v) is 7.61. The van der Waals surface area contributed by atoms with Gasteiger partial charge in [-0.3, -0.25) is 10.1 Å². The molecule has 0 spiro atoms. The minimum absolute atomic E-state index is 0.0484. The lowest BCUT2D eigenvalue weighted by Gasteiger charge is -2.13. The van der Waals surface area contributed by atoms with Crippen LogP contribution in [0.2, 0.25) is 0 Å². The van der Waals surface area contributed by atoms with Crippen LogP contribution < -0.4 is 0 Å². The molecule has 4 rings (SSSR count). The van der Waals surface area contributed by atoms with Gasteiger partial charge in [0.15, 0.2) is 0 Å². The van der Waals surface area contributed by atoms with E-state index in [1.165, 1.54) is 6.07 Å². The standard InChI is InChI=1S/C15H11N3O2S/c19-18(20)11-5-3-4-10(8-11)15-17-13-7-2-1-6-12(13)16-14(17)9-21-15/h1-8,15H,9H2/t15-/m1/s1. The summed E-state index contributed by atoms with van der Waals surface area (Å²) in [5, 5.41) is 11.0. The third-order valence-corrected chi connectivity index (χ3v) is 4.86. The lowest BCUT2D eigenvalue weighted by molar-refractivity contribution is -0.384. The van der Waals surface area contributed by atoms with E-state index in [1.54, 1.807) is 23.9 Å². The third kappa shape index (κ3) is 1.91. The molecular weight excluding hydrogens is 286 g/mol. The van der Waals surface area contributed by atoms with Gasteiger partial charge >= 0.3 is 0 Å². The summed E-state index contributed by atoms with van der Waals surface area (Å²) < 4.78 is 2.18. The molecule has 0 aliphatic carbocycles. The van der Waals surface area contributed by atoms with Crippen LogP contribution in [0.15, 0.2) is 48.5 Å². The first-order chi connectivity index (χ1) is 10.2. The molecule has 1 atom stereocenters. The highest BCUT2D eigenvalue weighted by molar-refractivity contribution is 7.99. The number of rotatable bonds is 2. The van der Waals surface area contributed by atoms with Gasteiger partial charge in [-0.2, -0.15) is 0 Å². The summed E-state index contributed by atoms with van der Waals surface area (Å²) in [4.78, 5) is 15.2. The van der Waals surface area contributed by atoms with Crippen LogP contribution in [0.1, 0.15) is 16.8 Å². The summed E-state index contributed by atoms with van der Waals surface area (Å²) in [5.74, 6) is 1.85. The first-order valence-electron chi connectivity index (χ1n) is 6.56. The molecule has 0 unspecified atom stereocenters. The fraction of sp³-hybridized carbons (Fsp3) is 0.133. The zero-order chi connectivity index (χ0) is 14.4. The summed E-state index contributed by atoms with van der Waals surface area (Å²) in [7, 11) is 0. The van der Waals surface area contributed by atoms with Gasteiger partial charge in [-0.15, -0.1) is 11.8 Å². The molecule has 2 heterocycles. The lowest BCUT2D eigenvalue weighted by atomic mass is 10.2. The Morgan fingerprint density at radius 1 is 1.24 bits per heavy atom. The van der Waals surface area contributed by atoms with E-state index in [0.717, 1.165) is 28.2 Å². The number of nitrogens with zero attached hydrogens (tertiary/aromatic N) is 3. The molecule has 0 fully saturated rings. The molecule has 104 valence electrons. The van der Waals surface area contributed by atoms with Crippen molar-refractivity contribution >= 4 is 28.5 Å². The van der Waals surface area contributed by atoms with E-state index in [-0.39, 0.29) is 16.0 Å². The van der Waals surface area contributed by atoms with Gasteiger partial charge in [0.25, 0.3) is 5.69 Å². The maximum atomic E-state index is 11.0. The molecule has 0 bridgehead atoms. The Hall–Kier alpha value is -2.34. The van der Waals surface area contributed by atoms with Crippen molar-refractivity contribution in [2.75, 3.05) is 0 Å². The summed E-state index contributed by atoms with van der Waals surface area (Å²) in [6.07, 6.45) is 0. The summed E-state index contributed by atoms with van der Waals surface area (Å²) in [6.45, 7) is 0. The van der Waals surface area contributed by atoms with E-state index in [9.17, 15) is 10.1 Å². The molecule has 0 saturated carbocycles. The van der Waals surface area contributed by atoms with Crippen molar-refractivity contribution in [2.45, 2.75) is 11.1 Å². The van der Waals surface area contributed by atoms with E-state index < -0.39 is 0 Å². The fourth-order valence-electron chi connectivity index (χ4n) is 2.72. The van der Waals surface area contributed by atoms with Gasteiger partial charge in [-0.1, -0.05) is 24.3 Å². The molecule has 1 aliphatic rings. The van der Waals surface area contributed by atoms with Gasteiger partial charge < -0.3 is 4.57 Å². The Morgan fingerprint density at radius 2 is 2.10 bits per heavy atom. The van der Waals surface area contributed by atoms with Crippen molar-refractivity contribution in [3.63, 3.8) is 0 Å². The van der Waals surface area contributed by atoms with Crippen molar-refractivity contribution in [3.05, 3.63) is 70.0 Å². The average Bonchev–Trinajstić information content (AvgIpc) is 3.06.